The Morgan fingerprint density at radius 3 is 1.66 bits per heavy atom. The van der Waals surface area contributed by atoms with E-state index in [-0.39, 0.29) is 0 Å². The molecule has 13 rings (SSSR count). The van der Waals surface area contributed by atoms with Crippen LogP contribution in [-0.2, 0) is 0 Å². The summed E-state index contributed by atoms with van der Waals surface area (Å²) in [5.41, 5.74) is 17.6. The number of hydrogen-bond acceptors (Lipinski definition) is 2. The Kier molecular flexibility index (Phi) is 9.17. The van der Waals surface area contributed by atoms with Gasteiger partial charge in [0.05, 0.1) is 22.4 Å². The molecule has 314 valence electrons. The molecule has 0 aliphatic heterocycles. The largest absolute Gasteiger partial charge is 0.455 e. The third-order valence-corrected chi connectivity index (χ3v) is 13.4. The highest BCUT2D eigenvalue weighted by Gasteiger charge is 2.22. The van der Waals surface area contributed by atoms with Crippen molar-refractivity contribution in [2.75, 3.05) is 4.90 Å². The molecule has 0 saturated heterocycles. The van der Waals surface area contributed by atoms with Gasteiger partial charge in [-0.3, -0.25) is 0 Å². The summed E-state index contributed by atoms with van der Waals surface area (Å²) >= 11 is 0. The van der Waals surface area contributed by atoms with Gasteiger partial charge < -0.3 is 13.9 Å². The number of fused-ring (bicyclic) bond motifs is 7. The Morgan fingerprint density at radius 2 is 0.851 bits per heavy atom. The SMILES string of the molecule is c1cc(-c2ccc(-c3cccc4ccccc34)cc2)cc(N(c2ccc(-c3ccccc3-n3c4ccccc4c4ccccc43)cc2)c2ccccc2-c2cccc3c2oc2ccccc23)c1. The summed E-state index contributed by atoms with van der Waals surface area (Å²) in [5.74, 6) is 0. The first-order valence-corrected chi connectivity index (χ1v) is 22.9. The zero-order valence-electron chi connectivity index (χ0n) is 36.6. The third-order valence-electron chi connectivity index (χ3n) is 13.4. The van der Waals surface area contributed by atoms with Crippen molar-refractivity contribution in [2.24, 2.45) is 0 Å². The van der Waals surface area contributed by atoms with Crippen LogP contribution in [0.3, 0.4) is 0 Å². The van der Waals surface area contributed by atoms with E-state index in [2.05, 4.69) is 258 Å². The molecule has 11 aromatic carbocycles. The van der Waals surface area contributed by atoms with Crippen molar-refractivity contribution < 1.29 is 4.42 Å². The quantitative estimate of drug-likeness (QED) is 0.152. The Hall–Kier alpha value is -8.92. The second-order valence-electron chi connectivity index (χ2n) is 17.2. The molecule has 0 spiro atoms. The summed E-state index contributed by atoms with van der Waals surface area (Å²) in [6.07, 6.45) is 0. The number of hydrogen-bond donors (Lipinski definition) is 0. The first-order chi connectivity index (χ1) is 33.2. The van der Waals surface area contributed by atoms with Gasteiger partial charge in [-0.15, -0.1) is 0 Å². The van der Waals surface area contributed by atoms with Gasteiger partial charge in [0.1, 0.15) is 11.2 Å². The fourth-order valence-corrected chi connectivity index (χ4v) is 10.3. The minimum atomic E-state index is 0.883. The third kappa shape index (κ3) is 6.51. The van der Waals surface area contributed by atoms with Gasteiger partial charge in [-0.1, -0.05) is 200 Å². The lowest BCUT2D eigenvalue weighted by Crippen LogP contribution is -2.11. The molecule has 2 heterocycles. The Balaban J connectivity index is 0.952. The Bertz CT molecular complexity index is 3930. The topological polar surface area (TPSA) is 21.3 Å². The highest BCUT2D eigenvalue weighted by atomic mass is 16.3. The molecule has 0 atom stereocenters. The number of anilines is 3. The molecule has 3 nitrogen and oxygen atoms in total. The fraction of sp³-hybridized carbons (Fsp3) is 0. The van der Waals surface area contributed by atoms with E-state index in [1.165, 1.54) is 43.7 Å². The first-order valence-electron chi connectivity index (χ1n) is 22.9. The first kappa shape index (κ1) is 38.5. The molecule has 0 N–H and O–H groups in total. The number of aromatic nitrogens is 1. The molecule has 13 aromatic rings. The van der Waals surface area contributed by atoms with Crippen LogP contribution in [0.2, 0.25) is 0 Å². The molecule has 0 saturated carbocycles. The van der Waals surface area contributed by atoms with Gasteiger partial charge in [-0.25, -0.2) is 0 Å². The van der Waals surface area contributed by atoms with Crippen molar-refractivity contribution in [1.29, 1.82) is 0 Å². The maximum atomic E-state index is 6.67. The van der Waals surface area contributed by atoms with Gasteiger partial charge in [-0.2, -0.15) is 0 Å². The molecule has 0 aliphatic rings. The second-order valence-corrected chi connectivity index (χ2v) is 17.2. The monoisotopic (exact) mass is 854 g/mol. The zero-order chi connectivity index (χ0) is 44.3. The van der Waals surface area contributed by atoms with E-state index < -0.39 is 0 Å². The van der Waals surface area contributed by atoms with Gasteiger partial charge in [0.2, 0.25) is 0 Å². The van der Waals surface area contributed by atoms with Crippen LogP contribution in [0.4, 0.5) is 17.1 Å². The van der Waals surface area contributed by atoms with Gasteiger partial charge >= 0.3 is 0 Å². The molecule has 2 aromatic heterocycles. The zero-order valence-corrected chi connectivity index (χ0v) is 36.6. The Labute approximate surface area is 388 Å². The number of furan rings is 1. The molecule has 0 radical (unpaired) electrons. The van der Waals surface area contributed by atoms with Gasteiger partial charge in [0, 0.05) is 49.6 Å². The lowest BCUT2D eigenvalue weighted by molar-refractivity contribution is 0.670. The number of benzene rings is 11. The van der Waals surface area contributed by atoms with Crippen molar-refractivity contribution in [1.82, 2.24) is 4.57 Å². The maximum Gasteiger partial charge on any atom is 0.143 e. The van der Waals surface area contributed by atoms with Crippen LogP contribution in [0.25, 0.3) is 105 Å². The molecule has 0 fully saturated rings. The average molecular weight is 855 g/mol. The van der Waals surface area contributed by atoms with E-state index in [0.717, 1.165) is 78.1 Å². The summed E-state index contributed by atoms with van der Waals surface area (Å²) < 4.78 is 9.08. The fourth-order valence-electron chi connectivity index (χ4n) is 10.3. The van der Waals surface area contributed by atoms with Gasteiger partial charge in [0.25, 0.3) is 0 Å². The standard InChI is InChI=1S/C64H42N2O/c1-2-20-50-44(16-1)17-14-26-51(50)45-36-34-43(35-37-45)47-18-13-19-49(42-47)65(60-30-9-6-24-55(60)57-27-15-28-58-56-25-7-12-33-63(56)67-64(57)58)48-40-38-46(39-41-48)52-21-3-8-29-59(52)66-61-31-10-4-22-53(61)54-23-5-11-32-62(54)66/h1-42H. The summed E-state index contributed by atoms with van der Waals surface area (Å²) in [6.45, 7) is 0. The van der Waals surface area contributed by atoms with E-state index in [4.69, 9.17) is 4.42 Å². The number of rotatable bonds is 8. The van der Waals surface area contributed by atoms with Crippen LogP contribution in [0.5, 0.6) is 0 Å². The van der Waals surface area contributed by atoms with Gasteiger partial charge in [-0.05, 0) is 93.2 Å². The van der Waals surface area contributed by atoms with Crippen LogP contribution in [0.15, 0.2) is 259 Å². The summed E-state index contributed by atoms with van der Waals surface area (Å²) in [7, 11) is 0. The van der Waals surface area contributed by atoms with Crippen molar-refractivity contribution in [3.8, 4) is 50.2 Å². The van der Waals surface area contributed by atoms with Gasteiger partial charge in [0.15, 0.2) is 0 Å². The second kappa shape index (κ2) is 16.0. The number of para-hydroxylation sites is 6. The van der Waals surface area contributed by atoms with Crippen LogP contribution in [0.1, 0.15) is 0 Å². The molecule has 0 aliphatic carbocycles. The van der Waals surface area contributed by atoms with Crippen LogP contribution in [-0.4, -0.2) is 4.57 Å². The highest BCUT2D eigenvalue weighted by molar-refractivity contribution is 6.12. The molecule has 0 amide bonds. The molecule has 0 unspecified atom stereocenters. The van der Waals surface area contributed by atoms with E-state index >= 15 is 0 Å². The lowest BCUT2D eigenvalue weighted by Gasteiger charge is -2.28. The Morgan fingerprint density at radius 1 is 0.313 bits per heavy atom. The maximum absolute atomic E-state index is 6.67. The average Bonchev–Trinajstić information content (AvgIpc) is 3.95. The van der Waals surface area contributed by atoms with Crippen LogP contribution < -0.4 is 4.90 Å². The van der Waals surface area contributed by atoms with Crippen molar-refractivity contribution in [3.63, 3.8) is 0 Å². The van der Waals surface area contributed by atoms with Crippen LogP contribution >= 0.6 is 0 Å². The summed E-state index contributed by atoms with van der Waals surface area (Å²) in [5, 5.41) is 7.22. The molecular weight excluding hydrogens is 813 g/mol. The predicted octanol–water partition coefficient (Wildman–Crippen LogP) is 18.0. The summed E-state index contributed by atoms with van der Waals surface area (Å²) in [6, 6.07) is 91.9. The molecule has 0 bridgehead atoms. The molecule has 67 heavy (non-hydrogen) atoms. The van der Waals surface area contributed by atoms with Crippen molar-refractivity contribution in [3.05, 3.63) is 255 Å². The highest BCUT2D eigenvalue weighted by Crippen LogP contribution is 2.46. The van der Waals surface area contributed by atoms with Crippen molar-refractivity contribution in [2.45, 2.75) is 0 Å². The molecule has 3 heteroatoms. The minimum absolute atomic E-state index is 0.883. The number of nitrogens with zero attached hydrogens (tertiary/aromatic N) is 2. The van der Waals surface area contributed by atoms with Crippen molar-refractivity contribution >= 4 is 71.6 Å². The predicted molar refractivity (Wildman–Crippen MR) is 282 cm³/mol. The van der Waals surface area contributed by atoms with E-state index in [9.17, 15) is 0 Å². The van der Waals surface area contributed by atoms with Crippen LogP contribution in [0, 0.1) is 0 Å². The van der Waals surface area contributed by atoms with E-state index in [1.807, 2.05) is 6.07 Å². The summed E-state index contributed by atoms with van der Waals surface area (Å²) in [4.78, 5) is 2.40. The van der Waals surface area contributed by atoms with E-state index in [1.54, 1.807) is 0 Å². The van der Waals surface area contributed by atoms with E-state index in [0.29, 0.717) is 0 Å². The minimum Gasteiger partial charge on any atom is -0.455 e. The normalized spacial score (nSPS) is 11.6. The molecular formula is C64H42N2O. The smallest absolute Gasteiger partial charge is 0.143 e. The lowest BCUT2D eigenvalue weighted by atomic mass is 9.96.